The lowest BCUT2D eigenvalue weighted by Crippen LogP contribution is -1.84. The summed E-state index contributed by atoms with van der Waals surface area (Å²) in [6.07, 6.45) is 9.82. The molecule has 1 unspecified atom stereocenters. The SMILES string of the molecule is C=CC(C)/C=C\c1cnccc1C.CC.CC. The summed E-state index contributed by atoms with van der Waals surface area (Å²) in [5, 5.41) is 0. The average Bonchev–Trinajstić information content (AvgIpc) is 2.42. The summed E-state index contributed by atoms with van der Waals surface area (Å²) in [7, 11) is 0. The van der Waals surface area contributed by atoms with Gasteiger partial charge in [0.25, 0.3) is 0 Å². The second-order valence-corrected chi connectivity index (χ2v) is 3.19. The fourth-order valence-corrected chi connectivity index (χ4v) is 0.985. The first-order valence-corrected chi connectivity index (χ1v) is 6.45. The molecule has 0 aliphatic carbocycles. The largest absolute Gasteiger partial charge is 0.264 e. The highest BCUT2D eigenvalue weighted by molar-refractivity contribution is 5.52. The molecule has 0 saturated heterocycles. The van der Waals surface area contributed by atoms with Crippen LogP contribution >= 0.6 is 0 Å². The number of rotatable bonds is 3. The lowest BCUT2D eigenvalue weighted by molar-refractivity contribution is 0.949. The smallest absolute Gasteiger partial charge is 0.0342 e. The third-order valence-corrected chi connectivity index (χ3v) is 2.03. The zero-order valence-corrected chi connectivity index (χ0v) is 12.2. The maximum atomic E-state index is 4.07. The molecule has 0 radical (unpaired) electrons. The monoisotopic (exact) mass is 233 g/mol. The van der Waals surface area contributed by atoms with Crippen LogP contribution in [-0.4, -0.2) is 4.98 Å². The molecule has 1 rings (SSSR count). The molecule has 96 valence electrons. The first-order valence-electron chi connectivity index (χ1n) is 6.45. The van der Waals surface area contributed by atoms with E-state index in [1.165, 1.54) is 11.1 Å². The Bertz CT molecular complexity index is 313. The predicted octanol–water partition coefficient (Wildman–Crippen LogP) is 5.28. The average molecular weight is 233 g/mol. The van der Waals surface area contributed by atoms with Gasteiger partial charge < -0.3 is 0 Å². The van der Waals surface area contributed by atoms with Crippen molar-refractivity contribution < 1.29 is 0 Å². The molecule has 0 fully saturated rings. The molecule has 1 aromatic heterocycles. The van der Waals surface area contributed by atoms with Gasteiger partial charge in [0.05, 0.1) is 0 Å². The molecule has 0 N–H and O–H groups in total. The number of aryl methyl sites for hydroxylation is 1. The summed E-state index contributed by atoms with van der Waals surface area (Å²) in [5.74, 6) is 0.416. The quantitative estimate of drug-likeness (QED) is 0.647. The maximum absolute atomic E-state index is 4.07. The van der Waals surface area contributed by atoms with Crippen LogP contribution in [0.25, 0.3) is 6.08 Å². The van der Waals surface area contributed by atoms with Gasteiger partial charge in [-0.1, -0.05) is 52.8 Å². The normalized spacial score (nSPS) is 10.7. The van der Waals surface area contributed by atoms with Crippen molar-refractivity contribution in [1.82, 2.24) is 4.98 Å². The lowest BCUT2D eigenvalue weighted by Gasteiger charge is -1.99. The van der Waals surface area contributed by atoms with E-state index in [9.17, 15) is 0 Å². The molecule has 1 aromatic rings. The van der Waals surface area contributed by atoms with Gasteiger partial charge in [-0.25, -0.2) is 0 Å². The topological polar surface area (TPSA) is 12.9 Å². The summed E-state index contributed by atoms with van der Waals surface area (Å²) in [5.41, 5.74) is 2.43. The van der Waals surface area contributed by atoms with Gasteiger partial charge >= 0.3 is 0 Å². The fourth-order valence-electron chi connectivity index (χ4n) is 0.985. The van der Waals surface area contributed by atoms with E-state index < -0.39 is 0 Å². The molecule has 0 aliphatic heterocycles. The van der Waals surface area contributed by atoms with E-state index in [4.69, 9.17) is 0 Å². The predicted molar refractivity (Wildman–Crippen MR) is 80.1 cm³/mol. The van der Waals surface area contributed by atoms with Crippen molar-refractivity contribution in [3.05, 3.63) is 48.3 Å². The first kappa shape index (κ1) is 18.0. The fraction of sp³-hybridized carbons (Fsp3) is 0.438. The molecular formula is C16H27N. The zero-order chi connectivity index (χ0) is 13.7. The van der Waals surface area contributed by atoms with Crippen molar-refractivity contribution >= 4 is 6.08 Å². The Labute approximate surface area is 107 Å². The van der Waals surface area contributed by atoms with Crippen LogP contribution in [-0.2, 0) is 0 Å². The highest BCUT2D eigenvalue weighted by Crippen LogP contribution is 2.09. The minimum absolute atomic E-state index is 0.416. The number of pyridine rings is 1. The van der Waals surface area contributed by atoms with Crippen LogP contribution in [0.2, 0.25) is 0 Å². The van der Waals surface area contributed by atoms with Gasteiger partial charge in [0, 0.05) is 12.4 Å². The molecule has 0 amide bonds. The summed E-state index contributed by atoms with van der Waals surface area (Å²) in [6.45, 7) is 15.9. The minimum atomic E-state index is 0.416. The number of hydrogen-bond acceptors (Lipinski definition) is 1. The molecule has 1 heterocycles. The molecule has 1 heteroatoms. The second kappa shape index (κ2) is 12.7. The van der Waals surface area contributed by atoms with Crippen LogP contribution in [0, 0.1) is 12.8 Å². The summed E-state index contributed by atoms with van der Waals surface area (Å²) in [6, 6.07) is 2.01. The van der Waals surface area contributed by atoms with E-state index in [1.807, 2.05) is 52.2 Å². The van der Waals surface area contributed by atoms with E-state index in [2.05, 4.69) is 37.6 Å². The van der Waals surface area contributed by atoms with Crippen molar-refractivity contribution in [2.24, 2.45) is 5.92 Å². The third-order valence-electron chi connectivity index (χ3n) is 2.03. The van der Waals surface area contributed by atoms with E-state index in [1.54, 1.807) is 0 Å². The van der Waals surface area contributed by atoms with Gasteiger partial charge in [-0.05, 0) is 30.0 Å². The van der Waals surface area contributed by atoms with Crippen molar-refractivity contribution in [3.63, 3.8) is 0 Å². The summed E-state index contributed by atoms with van der Waals surface area (Å²) in [4.78, 5) is 4.07. The number of nitrogens with zero attached hydrogens (tertiary/aromatic N) is 1. The lowest BCUT2D eigenvalue weighted by atomic mass is 10.1. The Morgan fingerprint density at radius 3 is 2.29 bits per heavy atom. The van der Waals surface area contributed by atoms with Gasteiger partial charge in [-0.15, -0.1) is 6.58 Å². The van der Waals surface area contributed by atoms with Crippen LogP contribution in [0.5, 0.6) is 0 Å². The van der Waals surface area contributed by atoms with Gasteiger partial charge in [0.2, 0.25) is 0 Å². The van der Waals surface area contributed by atoms with Crippen molar-refractivity contribution in [1.29, 1.82) is 0 Å². The van der Waals surface area contributed by atoms with E-state index in [0.717, 1.165) is 0 Å². The third kappa shape index (κ3) is 8.44. The Kier molecular flexibility index (Phi) is 13.5. The summed E-state index contributed by atoms with van der Waals surface area (Å²) < 4.78 is 0. The standard InChI is InChI=1S/C12H15N.2C2H6/c1-4-10(2)5-6-12-9-13-8-7-11(12)3;2*1-2/h4-10H,1H2,2-3H3;2*1-2H3/b6-5-;;. The van der Waals surface area contributed by atoms with Crippen LogP contribution in [0.15, 0.2) is 37.2 Å². The molecule has 0 spiro atoms. The maximum Gasteiger partial charge on any atom is 0.0342 e. The van der Waals surface area contributed by atoms with Gasteiger partial charge in [-0.3, -0.25) is 4.98 Å². The molecule has 0 aliphatic rings. The Morgan fingerprint density at radius 1 is 1.24 bits per heavy atom. The molecule has 0 bridgehead atoms. The Balaban J connectivity index is 0. The summed E-state index contributed by atoms with van der Waals surface area (Å²) >= 11 is 0. The van der Waals surface area contributed by atoms with Crippen LogP contribution < -0.4 is 0 Å². The molecule has 1 nitrogen and oxygen atoms in total. The van der Waals surface area contributed by atoms with Gasteiger partial charge in [-0.2, -0.15) is 0 Å². The highest BCUT2D eigenvalue weighted by atomic mass is 14.6. The Hall–Kier alpha value is -1.37. The first-order chi connectivity index (χ1) is 8.24. The zero-order valence-electron chi connectivity index (χ0n) is 12.2. The minimum Gasteiger partial charge on any atom is -0.264 e. The highest BCUT2D eigenvalue weighted by Gasteiger charge is 1.92. The van der Waals surface area contributed by atoms with E-state index >= 15 is 0 Å². The van der Waals surface area contributed by atoms with Crippen molar-refractivity contribution in [3.8, 4) is 0 Å². The van der Waals surface area contributed by atoms with Crippen LogP contribution in [0.1, 0.15) is 45.7 Å². The molecular weight excluding hydrogens is 206 g/mol. The van der Waals surface area contributed by atoms with E-state index in [0.29, 0.717) is 5.92 Å². The van der Waals surface area contributed by atoms with Crippen molar-refractivity contribution in [2.45, 2.75) is 41.5 Å². The molecule has 0 saturated carbocycles. The molecule has 17 heavy (non-hydrogen) atoms. The van der Waals surface area contributed by atoms with E-state index in [-0.39, 0.29) is 0 Å². The van der Waals surface area contributed by atoms with Gasteiger partial charge in [0.1, 0.15) is 0 Å². The van der Waals surface area contributed by atoms with Crippen molar-refractivity contribution in [2.75, 3.05) is 0 Å². The second-order valence-electron chi connectivity index (χ2n) is 3.19. The van der Waals surface area contributed by atoms with Crippen LogP contribution in [0.3, 0.4) is 0 Å². The van der Waals surface area contributed by atoms with Gasteiger partial charge in [0.15, 0.2) is 0 Å². The number of hydrogen-bond donors (Lipinski definition) is 0. The Morgan fingerprint density at radius 2 is 1.82 bits per heavy atom. The molecule has 0 aromatic carbocycles. The number of aromatic nitrogens is 1. The number of allylic oxidation sites excluding steroid dienone is 2. The van der Waals surface area contributed by atoms with Crippen LogP contribution in [0.4, 0.5) is 0 Å². The molecule has 1 atom stereocenters.